The van der Waals surface area contributed by atoms with Crippen LogP contribution in [0.15, 0.2) is 34.9 Å². The molecule has 0 fully saturated rings. The van der Waals surface area contributed by atoms with Crippen molar-refractivity contribution in [3.8, 4) is 17.4 Å². The van der Waals surface area contributed by atoms with Gasteiger partial charge < -0.3 is 4.52 Å². The van der Waals surface area contributed by atoms with Crippen molar-refractivity contribution in [2.45, 2.75) is 6.42 Å². The van der Waals surface area contributed by atoms with E-state index in [0.717, 1.165) is 5.56 Å². The first-order valence-electron chi connectivity index (χ1n) is 4.38. The average Bonchev–Trinajstić information content (AvgIpc) is 2.68. The highest BCUT2D eigenvalue weighted by atomic mass is 19.1. The van der Waals surface area contributed by atoms with Gasteiger partial charge in [0.1, 0.15) is 5.82 Å². The van der Waals surface area contributed by atoms with Crippen molar-refractivity contribution in [1.82, 2.24) is 5.16 Å². The molecule has 0 aliphatic carbocycles. The van der Waals surface area contributed by atoms with Crippen LogP contribution in [0.3, 0.4) is 0 Å². The molecule has 0 spiro atoms. The molecule has 0 unspecified atom stereocenters. The molecule has 0 N–H and O–H groups in total. The number of rotatable bonds is 2. The van der Waals surface area contributed by atoms with Gasteiger partial charge in [0.2, 0.25) is 0 Å². The molecule has 1 heterocycles. The molecule has 0 amide bonds. The third kappa shape index (κ3) is 2.02. The monoisotopic (exact) mass is 202 g/mol. The lowest BCUT2D eigenvalue weighted by atomic mass is 10.1. The number of hydrogen-bond acceptors (Lipinski definition) is 3. The highest BCUT2D eigenvalue weighted by Crippen LogP contribution is 2.20. The Morgan fingerprint density at radius 1 is 1.33 bits per heavy atom. The second-order valence-corrected chi connectivity index (χ2v) is 3.02. The lowest BCUT2D eigenvalue weighted by Crippen LogP contribution is -1.77. The Morgan fingerprint density at radius 2 is 2.07 bits per heavy atom. The molecular formula is C11H7FN2O. The van der Waals surface area contributed by atoms with Crippen molar-refractivity contribution in [3.05, 3.63) is 41.8 Å². The molecule has 1 aromatic heterocycles. The van der Waals surface area contributed by atoms with Crippen LogP contribution in [0.4, 0.5) is 4.39 Å². The second-order valence-electron chi connectivity index (χ2n) is 3.02. The quantitative estimate of drug-likeness (QED) is 0.751. The Balaban J connectivity index is 2.30. The molecular weight excluding hydrogens is 195 g/mol. The first-order valence-corrected chi connectivity index (χ1v) is 4.38. The molecule has 0 saturated heterocycles. The fraction of sp³-hybridized carbons (Fsp3) is 0.0909. The molecule has 2 rings (SSSR count). The predicted molar refractivity (Wildman–Crippen MR) is 51.2 cm³/mol. The first-order chi connectivity index (χ1) is 7.29. The summed E-state index contributed by atoms with van der Waals surface area (Å²) in [6.07, 6.45) is 0.213. The van der Waals surface area contributed by atoms with Gasteiger partial charge in [0.15, 0.2) is 5.76 Å². The summed E-state index contributed by atoms with van der Waals surface area (Å²) in [5.41, 5.74) is 1.32. The topological polar surface area (TPSA) is 49.8 Å². The molecule has 74 valence electrons. The molecule has 0 aliphatic rings. The Kier molecular flexibility index (Phi) is 2.46. The van der Waals surface area contributed by atoms with Gasteiger partial charge in [-0.2, -0.15) is 5.26 Å². The van der Waals surface area contributed by atoms with Crippen LogP contribution < -0.4 is 0 Å². The van der Waals surface area contributed by atoms with Gasteiger partial charge in [0, 0.05) is 11.6 Å². The third-order valence-corrected chi connectivity index (χ3v) is 1.95. The minimum Gasteiger partial charge on any atom is -0.356 e. The van der Waals surface area contributed by atoms with Crippen LogP contribution in [0, 0.1) is 17.1 Å². The fourth-order valence-electron chi connectivity index (χ4n) is 1.23. The summed E-state index contributed by atoms with van der Waals surface area (Å²) in [6, 6.07) is 9.56. The van der Waals surface area contributed by atoms with Crippen LogP contribution >= 0.6 is 0 Å². The van der Waals surface area contributed by atoms with Crippen LogP contribution in [0.5, 0.6) is 0 Å². The summed E-state index contributed by atoms with van der Waals surface area (Å²) in [5, 5.41) is 12.2. The smallest absolute Gasteiger partial charge is 0.167 e. The largest absolute Gasteiger partial charge is 0.356 e. The molecule has 0 aliphatic heterocycles. The van der Waals surface area contributed by atoms with Crippen LogP contribution in [0.1, 0.15) is 5.69 Å². The Bertz CT molecular complexity index is 496. The number of nitriles is 1. The maximum atomic E-state index is 12.6. The Hall–Kier alpha value is -2.15. The van der Waals surface area contributed by atoms with Gasteiger partial charge in [-0.3, -0.25) is 0 Å². The Morgan fingerprint density at radius 3 is 2.73 bits per heavy atom. The molecule has 0 atom stereocenters. The first kappa shape index (κ1) is 9.41. The van der Waals surface area contributed by atoms with Gasteiger partial charge in [0.05, 0.1) is 18.2 Å². The zero-order chi connectivity index (χ0) is 10.7. The highest BCUT2D eigenvalue weighted by molar-refractivity contribution is 5.57. The zero-order valence-electron chi connectivity index (χ0n) is 7.77. The minimum absolute atomic E-state index is 0.213. The van der Waals surface area contributed by atoms with E-state index in [9.17, 15) is 4.39 Å². The summed E-state index contributed by atoms with van der Waals surface area (Å²) in [7, 11) is 0. The van der Waals surface area contributed by atoms with Gasteiger partial charge in [-0.1, -0.05) is 5.16 Å². The number of halogens is 1. The van der Waals surface area contributed by atoms with E-state index in [-0.39, 0.29) is 12.2 Å². The minimum atomic E-state index is -0.296. The van der Waals surface area contributed by atoms with Gasteiger partial charge >= 0.3 is 0 Å². The number of nitrogens with zero attached hydrogens (tertiary/aromatic N) is 2. The van der Waals surface area contributed by atoms with Gasteiger partial charge in [-0.25, -0.2) is 4.39 Å². The summed E-state index contributed by atoms with van der Waals surface area (Å²) in [4.78, 5) is 0. The van der Waals surface area contributed by atoms with E-state index in [1.807, 2.05) is 6.07 Å². The molecule has 0 saturated carbocycles. The lowest BCUT2D eigenvalue weighted by Gasteiger charge is -1.93. The molecule has 15 heavy (non-hydrogen) atoms. The molecule has 3 nitrogen and oxygen atoms in total. The zero-order valence-corrected chi connectivity index (χ0v) is 7.77. The van der Waals surface area contributed by atoms with Crippen molar-refractivity contribution in [1.29, 1.82) is 5.26 Å². The van der Waals surface area contributed by atoms with Crippen LogP contribution in [-0.4, -0.2) is 5.16 Å². The SMILES string of the molecule is N#CCc1cc(-c2ccc(F)cc2)on1. The maximum absolute atomic E-state index is 12.6. The maximum Gasteiger partial charge on any atom is 0.167 e. The highest BCUT2D eigenvalue weighted by Gasteiger charge is 2.05. The molecule has 4 heteroatoms. The van der Waals surface area contributed by atoms with Crippen molar-refractivity contribution >= 4 is 0 Å². The van der Waals surface area contributed by atoms with E-state index in [0.29, 0.717) is 11.5 Å². The van der Waals surface area contributed by atoms with Crippen molar-refractivity contribution in [2.75, 3.05) is 0 Å². The normalized spacial score (nSPS) is 9.87. The summed E-state index contributed by atoms with van der Waals surface area (Å²) in [6.45, 7) is 0. The lowest BCUT2D eigenvalue weighted by molar-refractivity contribution is 0.425. The molecule has 0 radical (unpaired) electrons. The van der Waals surface area contributed by atoms with Crippen molar-refractivity contribution in [3.63, 3.8) is 0 Å². The van der Waals surface area contributed by atoms with Gasteiger partial charge in [0.25, 0.3) is 0 Å². The van der Waals surface area contributed by atoms with Gasteiger partial charge in [-0.15, -0.1) is 0 Å². The van der Waals surface area contributed by atoms with E-state index in [4.69, 9.17) is 9.78 Å². The summed E-state index contributed by atoms with van der Waals surface area (Å²) < 4.78 is 17.7. The van der Waals surface area contributed by atoms with E-state index < -0.39 is 0 Å². The third-order valence-electron chi connectivity index (χ3n) is 1.95. The summed E-state index contributed by atoms with van der Waals surface area (Å²) in [5.74, 6) is 0.246. The van der Waals surface area contributed by atoms with Crippen LogP contribution in [0.2, 0.25) is 0 Å². The molecule has 2 aromatic rings. The van der Waals surface area contributed by atoms with E-state index in [2.05, 4.69) is 5.16 Å². The van der Waals surface area contributed by atoms with E-state index >= 15 is 0 Å². The fourth-order valence-corrected chi connectivity index (χ4v) is 1.23. The standard InChI is InChI=1S/C11H7FN2O/c12-9-3-1-8(2-4-9)11-7-10(5-6-13)14-15-11/h1-4,7H,5H2. The van der Waals surface area contributed by atoms with Crippen LogP contribution in [0.25, 0.3) is 11.3 Å². The predicted octanol–water partition coefficient (Wildman–Crippen LogP) is 2.55. The summed E-state index contributed by atoms with van der Waals surface area (Å²) >= 11 is 0. The Labute approximate surface area is 85.7 Å². The van der Waals surface area contributed by atoms with E-state index in [1.165, 1.54) is 12.1 Å². The molecule has 1 aromatic carbocycles. The van der Waals surface area contributed by atoms with Crippen molar-refractivity contribution in [2.24, 2.45) is 0 Å². The number of aromatic nitrogens is 1. The molecule has 0 bridgehead atoms. The second kappa shape index (κ2) is 3.93. The number of benzene rings is 1. The number of hydrogen-bond donors (Lipinski definition) is 0. The van der Waals surface area contributed by atoms with Crippen molar-refractivity contribution < 1.29 is 8.91 Å². The van der Waals surface area contributed by atoms with E-state index in [1.54, 1.807) is 18.2 Å². The average molecular weight is 202 g/mol. The van der Waals surface area contributed by atoms with Gasteiger partial charge in [-0.05, 0) is 24.3 Å². The van der Waals surface area contributed by atoms with Crippen LogP contribution in [-0.2, 0) is 6.42 Å².